The van der Waals surface area contributed by atoms with Crippen molar-refractivity contribution >= 4 is 17.0 Å². The van der Waals surface area contributed by atoms with Crippen molar-refractivity contribution < 1.29 is 13.2 Å². The van der Waals surface area contributed by atoms with Gasteiger partial charge >= 0.3 is 0 Å². The highest BCUT2D eigenvalue weighted by Crippen LogP contribution is 2.29. The summed E-state index contributed by atoms with van der Waals surface area (Å²) in [6.07, 6.45) is 2.49. The Labute approximate surface area is 194 Å². The zero-order chi connectivity index (χ0) is 23.9. The number of aromatic nitrogens is 5. The number of alkyl halides is 2. The molecule has 10 heteroatoms. The van der Waals surface area contributed by atoms with Crippen LogP contribution in [0.3, 0.4) is 0 Å². The second kappa shape index (κ2) is 8.68. The van der Waals surface area contributed by atoms with E-state index in [1.165, 1.54) is 6.07 Å². The fraction of sp³-hybridized carbons (Fsp3) is 0.333. The lowest BCUT2D eigenvalue weighted by Crippen LogP contribution is -2.38. The van der Waals surface area contributed by atoms with Crippen molar-refractivity contribution in [3.8, 4) is 11.4 Å². The Kier molecular flexibility index (Phi) is 5.68. The summed E-state index contributed by atoms with van der Waals surface area (Å²) in [5, 5.41) is 0. The summed E-state index contributed by atoms with van der Waals surface area (Å²) in [6, 6.07) is 9.35. The number of rotatable bonds is 5. The van der Waals surface area contributed by atoms with Gasteiger partial charge in [-0.2, -0.15) is 0 Å². The molecule has 176 valence electrons. The molecule has 0 saturated carbocycles. The molecule has 1 aromatic carbocycles. The zero-order valence-electron chi connectivity index (χ0n) is 18.7. The van der Waals surface area contributed by atoms with Crippen molar-refractivity contribution in [1.29, 1.82) is 0 Å². The van der Waals surface area contributed by atoms with Gasteiger partial charge in [-0.3, -0.25) is 9.88 Å². The minimum Gasteiger partial charge on any atom is -0.382 e. The zero-order valence-corrected chi connectivity index (χ0v) is 18.7. The van der Waals surface area contributed by atoms with Crippen LogP contribution in [0.15, 0.2) is 42.7 Å². The number of pyridine rings is 1. The average molecular weight is 467 g/mol. The molecule has 34 heavy (non-hydrogen) atoms. The smallest absolute Gasteiger partial charge is 0.250 e. The summed E-state index contributed by atoms with van der Waals surface area (Å²) in [6.45, 7) is 3.59. The third-order valence-electron chi connectivity index (χ3n) is 6.05. The molecule has 1 aliphatic heterocycles. The van der Waals surface area contributed by atoms with E-state index in [-0.39, 0.29) is 18.7 Å². The number of piperidine rings is 1. The molecule has 0 bridgehead atoms. The van der Waals surface area contributed by atoms with Crippen molar-refractivity contribution in [3.05, 3.63) is 65.5 Å². The van der Waals surface area contributed by atoms with Crippen molar-refractivity contribution in [1.82, 2.24) is 29.4 Å². The van der Waals surface area contributed by atoms with E-state index in [0.29, 0.717) is 54.6 Å². The Hall–Kier alpha value is -3.53. The molecule has 0 amide bonds. The largest absolute Gasteiger partial charge is 0.382 e. The van der Waals surface area contributed by atoms with E-state index in [2.05, 4.69) is 19.9 Å². The lowest BCUT2D eigenvalue weighted by Gasteiger charge is -2.31. The summed E-state index contributed by atoms with van der Waals surface area (Å²) < 4.78 is 42.6. The summed E-state index contributed by atoms with van der Waals surface area (Å²) in [5.41, 5.74) is 9.65. The molecule has 7 nitrogen and oxygen atoms in total. The summed E-state index contributed by atoms with van der Waals surface area (Å²) in [4.78, 5) is 19.3. The fourth-order valence-electron chi connectivity index (χ4n) is 4.27. The van der Waals surface area contributed by atoms with Crippen LogP contribution in [0.4, 0.5) is 19.0 Å². The van der Waals surface area contributed by atoms with Crippen LogP contribution >= 0.6 is 0 Å². The Morgan fingerprint density at radius 2 is 1.65 bits per heavy atom. The number of benzene rings is 1. The number of halogens is 3. The van der Waals surface area contributed by atoms with Gasteiger partial charge in [0.05, 0.1) is 12.7 Å². The van der Waals surface area contributed by atoms with Gasteiger partial charge in [0.1, 0.15) is 17.5 Å². The minimum absolute atomic E-state index is 0.0963. The third kappa shape index (κ3) is 4.58. The van der Waals surface area contributed by atoms with E-state index < -0.39 is 11.7 Å². The molecule has 1 aliphatic rings. The highest BCUT2D eigenvalue weighted by atomic mass is 19.3. The highest BCUT2D eigenvalue weighted by molar-refractivity contribution is 5.85. The molecule has 3 aromatic heterocycles. The molecule has 1 saturated heterocycles. The summed E-state index contributed by atoms with van der Waals surface area (Å²) in [7, 11) is 0. The number of nitrogen functional groups attached to an aromatic ring is 1. The van der Waals surface area contributed by atoms with E-state index in [9.17, 15) is 13.2 Å². The molecule has 0 unspecified atom stereocenters. The number of likely N-dealkylation sites (tertiary alicyclic amines) is 1. The van der Waals surface area contributed by atoms with Crippen molar-refractivity contribution in [3.63, 3.8) is 0 Å². The Bertz CT molecular complexity index is 1320. The standard InChI is InChI=1S/C24H24F3N7/c1-15-30-21(28)20-23(31-15)34(22(32-20)18-10-19(25)12-29-11-18)14-17-4-2-16(3-5-17)13-33-8-6-24(26,27)7-9-33/h2-5,10-12H,6-9,13-14H2,1H3,(H2,28,30,31). The van der Waals surface area contributed by atoms with Crippen LogP contribution in [-0.4, -0.2) is 48.4 Å². The van der Waals surface area contributed by atoms with Crippen LogP contribution in [-0.2, 0) is 13.1 Å². The van der Waals surface area contributed by atoms with Crippen molar-refractivity contribution in [2.24, 2.45) is 0 Å². The molecule has 4 heterocycles. The quantitative estimate of drug-likeness (QED) is 0.474. The Balaban J connectivity index is 1.43. The molecule has 4 aromatic rings. The molecule has 0 atom stereocenters. The first-order valence-corrected chi connectivity index (χ1v) is 11.1. The van der Waals surface area contributed by atoms with E-state index in [4.69, 9.17) is 5.73 Å². The maximum absolute atomic E-state index is 13.9. The second-order valence-corrected chi connectivity index (χ2v) is 8.69. The molecule has 0 radical (unpaired) electrons. The number of anilines is 1. The Morgan fingerprint density at radius 3 is 2.32 bits per heavy atom. The lowest BCUT2D eigenvalue weighted by molar-refractivity contribution is -0.0566. The van der Waals surface area contributed by atoms with Gasteiger partial charge in [0, 0.05) is 44.2 Å². The summed E-state index contributed by atoms with van der Waals surface area (Å²) in [5.74, 6) is -1.75. The molecular weight excluding hydrogens is 443 g/mol. The molecule has 0 aliphatic carbocycles. The Morgan fingerprint density at radius 1 is 0.971 bits per heavy atom. The third-order valence-corrected chi connectivity index (χ3v) is 6.05. The molecule has 5 rings (SSSR count). The summed E-state index contributed by atoms with van der Waals surface area (Å²) >= 11 is 0. The number of hydrogen-bond donors (Lipinski definition) is 1. The van der Waals surface area contributed by atoms with E-state index in [1.54, 1.807) is 13.1 Å². The van der Waals surface area contributed by atoms with Crippen LogP contribution in [0.5, 0.6) is 0 Å². The molecular formula is C24H24F3N7. The number of imidazole rings is 1. The highest BCUT2D eigenvalue weighted by Gasteiger charge is 2.33. The van der Waals surface area contributed by atoms with Gasteiger partial charge < -0.3 is 10.3 Å². The van der Waals surface area contributed by atoms with Crippen LogP contribution in [0.1, 0.15) is 29.8 Å². The number of hydrogen-bond acceptors (Lipinski definition) is 6. The monoisotopic (exact) mass is 467 g/mol. The van der Waals surface area contributed by atoms with Crippen LogP contribution < -0.4 is 5.73 Å². The maximum atomic E-state index is 13.9. The number of aryl methyl sites for hydroxylation is 1. The second-order valence-electron chi connectivity index (χ2n) is 8.69. The van der Waals surface area contributed by atoms with Crippen molar-refractivity contribution in [2.75, 3.05) is 18.8 Å². The van der Waals surface area contributed by atoms with E-state index >= 15 is 0 Å². The van der Waals surface area contributed by atoms with E-state index in [0.717, 1.165) is 17.3 Å². The first-order chi connectivity index (χ1) is 16.3. The van der Waals surface area contributed by atoms with Crippen LogP contribution in [0.25, 0.3) is 22.6 Å². The lowest BCUT2D eigenvalue weighted by atomic mass is 10.1. The van der Waals surface area contributed by atoms with Gasteiger partial charge in [0.15, 0.2) is 17.0 Å². The molecule has 2 N–H and O–H groups in total. The first-order valence-electron chi connectivity index (χ1n) is 11.1. The minimum atomic E-state index is -2.55. The van der Waals surface area contributed by atoms with E-state index in [1.807, 2.05) is 33.7 Å². The number of nitrogens with two attached hydrogens (primary N) is 1. The molecule has 1 fully saturated rings. The van der Waals surface area contributed by atoms with Gasteiger partial charge in [-0.25, -0.2) is 28.1 Å². The van der Waals surface area contributed by atoms with Crippen LogP contribution in [0, 0.1) is 12.7 Å². The van der Waals surface area contributed by atoms with Crippen LogP contribution in [0.2, 0.25) is 0 Å². The predicted octanol–water partition coefficient (Wildman–Crippen LogP) is 4.20. The van der Waals surface area contributed by atoms with Gasteiger partial charge in [-0.15, -0.1) is 0 Å². The normalized spacial score (nSPS) is 16.2. The average Bonchev–Trinajstić information content (AvgIpc) is 3.15. The maximum Gasteiger partial charge on any atom is 0.250 e. The number of nitrogens with zero attached hydrogens (tertiary/aromatic N) is 6. The van der Waals surface area contributed by atoms with Gasteiger partial charge in [-0.05, 0) is 24.1 Å². The number of fused-ring (bicyclic) bond motifs is 1. The topological polar surface area (TPSA) is 85.8 Å². The SMILES string of the molecule is Cc1nc(N)c2nc(-c3cncc(F)c3)n(Cc3ccc(CN4CCC(F)(F)CC4)cc3)c2n1. The predicted molar refractivity (Wildman–Crippen MR) is 123 cm³/mol. The molecule has 0 spiro atoms. The van der Waals surface area contributed by atoms with Crippen molar-refractivity contribution in [2.45, 2.75) is 38.8 Å². The van der Waals surface area contributed by atoms with Gasteiger partial charge in [0.2, 0.25) is 0 Å². The van der Waals surface area contributed by atoms with Gasteiger partial charge in [-0.1, -0.05) is 24.3 Å². The fourth-order valence-corrected chi connectivity index (χ4v) is 4.27. The van der Waals surface area contributed by atoms with Gasteiger partial charge in [0.25, 0.3) is 5.92 Å². The first kappa shape index (κ1) is 22.3.